The van der Waals surface area contributed by atoms with Crippen molar-refractivity contribution < 1.29 is 4.65 Å². The van der Waals surface area contributed by atoms with Gasteiger partial charge in [0.25, 0.3) is 0 Å². The van der Waals surface area contributed by atoms with Crippen LogP contribution in [0.3, 0.4) is 0 Å². The Morgan fingerprint density at radius 1 is 1.18 bits per heavy atom. The molecule has 0 aliphatic carbocycles. The summed E-state index contributed by atoms with van der Waals surface area (Å²) in [5, 5.41) is 11.9. The number of hydrogen-bond acceptors (Lipinski definition) is 1. The van der Waals surface area contributed by atoms with Crippen molar-refractivity contribution >= 4 is 0 Å². The Bertz CT molecular complexity index is 159. The van der Waals surface area contributed by atoms with Crippen LogP contribution in [0.2, 0.25) is 0 Å². The van der Waals surface area contributed by atoms with Gasteiger partial charge >= 0.3 is 0 Å². The highest BCUT2D eigenvalue weighted by atomic mass is 16.6. The van der Waals surface area contributed by atoms with Gasteiger partial charge in [-0.15, -0.1) is 0 Å². The number of hydroxylamine groups is 3. The molecule has 0 bridgehead atoms. The van der Waals surface area contributed by atoms with Crippen molar-refractivity contribution in [2.45, 2.75) is 40.2 Å². The van der Waals surface area contributed by atoms with E-state index in [1.54, 1.807) is 0 Å². The lowest BCUT2D eigenvalue weighted by Gasteiger charge is -2.65. The van der Waals surface area contributed by atoms with Crippen LogP contribution < -0.4 is 0 Å². The molecule has 0 spiro atoms. The first-order chi connectivity index (χ1) is 4.66. The minimum atomic E-state index is -0.129. The van der Waals surface area contributed by atoms with Gasteiger partial charge in [0.15, 0.2) is 0 Å². The van der Waals surface area contributed by atoms with Gasteiger partial charge < -0.3 is 9.85 Å². The fraction of sp³-hybridized carbons (Fsp3) is 1.00. The monoisotopic (exact) mass is 157 g/mol. The molecule has 0 aromatic carbocycles. The first kappa shape index (κ1) is 9.01. The van der Waals surface area contributed by atoms with Gasteiger partial charge in [-0.1, -0.05) is 0 Å². The molecule has 0 aromatic heterocycles. The Balaban J connectivity index is 2.64. The summed E-state index contributed by atoms with van der Waals surface area (Å²) in [6.45, 7) is 11.9. The molecule has 1 fully saturated rings. The third kappa shape index (κ3) is 1.42. The van der Waals surface area contributed by atoms with Crippen molar-refractivity contribution in [3.05, 3.63) is 5.21 Å². The summed E-state index contributed by atoms with van der Waals surface area (Å²) >= 11 is 0. The quantitative estimate of drug-likeness (QED) is 0.390. The lowest BCUT2D eigenvalue weighted by molar-refractivity contribution is -0.980. The standard InChI is InChI=1S/C9H19NO/c1-8(2,3)10(11)6-9(4,5)7-10/h6-7H2,1-5H3. The van der Waals surface area contributed by atoms with E-state index < -0.39 is 0 Å². The third-order valence-corrected chi connectivity index (χ3v) is 2.59. The highest BCUT2D eigenvalue weighted by Crippen LogP contribution is 2.41. The number of quaternary nitrogens is 1. The van der Waals surface area contributed by atoms with Gasteiger partial charge in [-0.25, -0.2) is 0 Å². The van der Waals surface area contributed by atoms with E-state index in [-0.39, 0.29) is 15.6 Å². The zero-order valence-corrected chi connectivity index (χ0v) is 8.27. The molecule has 1 heterocycles. The Morgan fingerprint density at radius 2 is 1.55 bits per heavy atom. The van der Waals surface area contributed by atoms with E-state index in [1.807, 2.05) is 20.8 Å². The molecule has 66 valence electrons. The van der Waals surface area contributed by atoms with Crippen LogP contribution >= 0.6 is 0 Å². The van der Waals surface area contributed by atoms with E-state index in [0.717, 1.165) is 13.1 Å². The summed E-state index contributed by atoms with van der Waals surface area (Å²) in [6.07, 6.45) is 0. The van der Waals surface area contributed by atoms with Gasteiger partial charge in [-0.3, -0.25) is 0 Å². The Hall–Kier alpha value is -0.0800. The Morgan fingerprint density at radius 3 is 1.64 bits per heavy atom. The Labute approximate surface area is 69.4 Å². The molecule has 1 aliphatic heterocycles. The molecule has 1 aliphatic rings. The lowest BCUT2D eigenvalue weighted by Crippen LogP contribution is -2.71. The van der Waals surface area contributed by atoms with Crippen LogP contribution in [0.1, 0.15) is 34.6 Å². The second-order valence-electron chi connectivity index (χ2n) is 5.54. The van der Waals surface area contributed by atoms with Crippen LogP contribution in [0.4, 0.5) is 0 Å². The predicted octanol–water partition coefficient (Wildman–Crippen LogP) is 2.14. The molecule has 11 heavy (non-hydrogen) atoms. The molecule has 0 saturated carbocycles. The number of hydrogen-bond donors (Lipinski definition) is 0. The van der Waals surface area contributed by atoms with Gasteiger partial charge in [-0.05, 0) is 34.6 Å². The van der Waals surface area contributed by atoms with Crippen molar-refractivity contribution in [2.24, 2.45) is 5.41 Å². The molecule has 0 atom stereocenters. The van der Waals surface area contributed by atoms with Gasteiger partial charge in [0.05, 0.1) is 24.0 Å². The molecule has 2 heteroatoms. The van der Waals surface area contributed by atoms with Gasteiger partial charge in [0.2, 0.25) is 0 Å². The smallest absolute Gasteiger partial charge is 0.0904 e. The Kier molecular flexibility index (Phi) is 1.63. The van der Waals surface area contributed by atoms with Crippen molar-refractivity contribution in [2.75, 3.05) is 13.1 Å². The maximum atomic E-state index is 11.9. The lowest BCUT2D eigenvalue weighted by atomic mass is 9.80. The summed E-state index contributed by atoms with van der Waals surface area (Å²) in [5.41, 5.74) is 0.143. The maximum Gasteiger partial charge on any atom is 0.0904 e. The van der Waals surface area contributed by atoms with E-state index in [1.165, 1.54) is 0 Å². The minimum absolute atomic E-state index is 0.0139. The molecular weight excluding hydrogens is 138 g/mol. The van der Waals surface area contributed by atoms with Crippen molar-refractivity contribution in [1.82, 2.24) is 0 Å². The highest BCUT2D eigenvalue weighted by Gasteiger charge is 2.50. The molecule has 0 aromatic rings. The normalized spacial score (nSPS) is 27.8. The topological polar surface area (TPSA) is 23.1 Å². The average Bonchev–Trinajstić information content (AvgIpc) is 1.55. The van der Waals surface area contributed by atoms with Crippen LogP contribution in [0.15, 0.2) is 0 Å². The van der Waals surface area contributed by atoms with Crippen LogP contribution in [-0.4, -0.2) is 23.3 Å². The summed E-state index contributed by atoms with van der Waals surface area (Å²) < 4.78 is -0.0139. The van der Waals surface area contributed by atoms with Gasteiger partial charge in [0.1, 0.15) is 0 Å². The molecule has 0 radical (unpaired) electrons. The van der Waals surface area contributed by atoms with E-state index in [9.17, 15) is 5.21 Å². The zero-order chi connectivity index (χ0) is 8.91. The molecule has 0 unspecified atom stereocenters. The van der Waals surface area contributed by atoms with E-state index in [2.05, 4.69) is 13.8 Å². The van der Waals surface area contributed by atoms with Crippen molar-refractivity contribution in [3.8, 4) is 0 Å². The maximum absolute atomic E-state index is 11.9. The fourth-order valence-corrected chi connectivity index (χ4v) is 1.81. The largest absolute Gasteiger partial charge is 0.632 e. The van der Waals surface area contributed by atoms with Crippen LogP contribution in [0, 0.1) is 10.6 Å². The molecule has 1 saturated heterocycles. The second kappa shape index (κ2) is 1.99. The SMILES string of the molecule is CC1(C)C[N+]([O-])(C(C)(C)C)C1. The third-order valence-electron chi connectivity index (χ3n) is 2.59. The van der Waals surface area contributed by atoms with E-state index in [4.69, 9.17) is 0 Å². The molecule has 0 amide bonds. The molecular formula is C9H19NO. The first-order valence-electron chi connectivity index (χ1n) is 4.25. The fourth-order valence-electron chi connectivity index (χ4n) is 1.81. The number of likely N-dealkylation sites (tertiary alicyclic amines) is 1. The summed E-state index contributed by atoms with van der Waals surface area (Å²) in [7, 11) is 0. The molecule has 1 rings (SSSR count). The molecule has 2 nitrogen and oxygen atoms in total. The van der Waals surface area contributed by atoms with Crippen molar-refractivity contribution in [3.63, 3.8) is 0 Å². The number of rotatable bonds is 0. The minimum Gasteiger partial charge on any atom is -0.632 e. The average molecular weight is 157 g/mol. The van der Waals surface area contributed by atoms with Crippen LogP contribution in [0.25, 0.3) is 0 Å². The van der Waals surface area contributed by atoms with Crippen LogP contribution in [0.5, 0.6) is 0 Å². The first-order valence-corrected chi connectivity index (χ1v) is 4.25. The van der Waals surface area contributed by atoms with Gasteiger partial charge in [0, 0.05) is 0 Å². The second-order valence-corrected chi connectivity index (χ2v) is 5.54. The van der Waals surface area contributed by atoms with E-state index >= 15 is 0 Å². The van der Waals surface area contributed by atoms with E-state index in [0.29, 0.717) is 0 Å². The predicted molar refractivity (Wildman–Crippen MR) is 46.9 cm³/mol. The van der Waals surface area contributed by atoms with Gasteiger partial charge in [-0.2, -0.15) is 0 Å². The van der Waals surface area contributed by atoms with Crippen LogP contribution in [-0.2, 0) is 0 Å². The summed E-state index contributed by atoms with van der Waals surface area (Å²) in [4.78, 5) is 0. The number of nitrogens with zero attached hydrogens (tertiary/aromatic N) is 1. The highest BCUT2D eigenvalue weighted by molar-refractivity contribution is 4.83. The molecule has 0 N–H and O–H groups in total. The van der Waals surface area contributed by atoms with Crippen molar-refractivity contribution in [1.29, 1.82) is 0 Å². The summed E-state index contributed by atoms with van der Waals surface area (Å²) in [5.74, 6) is 0. The zero-order valence-electron chi connectivity index (χ0n) is 8.27. The summed E-state index contributed by atoms with van der Waals surface area (Å²) in [6, 6.07) is 0.